The zero-order valence-electron chi connectivity index (χ0n) is 12.1. The van der Waals surface area contributed by atoms with Crippen molar-refractivity contribution in [2.75, 3.05) is 25.1 Å². The number of anilines is 2. The van der Waals surface area contributed by atoms with Gasteiger partial charge in [0.25, 0.3) is 5.91 Å². The van der Waals surface area contributed by atoms with E-state index in [1.54, 1.807) is 18.2 Å². The molecule has 2 aromatic carbocycles. The monoisotopic (exact) mass is 303 g/mol. The van der Waals surface area contributed by atoms with Crippen LogP contribution in [0.5, 0.6) is 0 Å². The standard InChI is InChI=1S/C16H18ClN3O/c1-20(2)10-11-4-3-5-13(8-11)19-16(21)14-7-6-12(17)9-15(14)18/h3-9H,10,18H2,1-2H3,(H,19,21). The van der Waals surface area contributed by atoms with Crippen LogP contribution in [0.3, 0.4) is 0 Å². The molecule has 2 aromatic rings. The van der Waals surface area contributed by atoms with Gasteiger partial charge in [-0.15, -0.1) is 0 Å². The highest BCUT2D eigenvalue weighted by Crippen LogP contribution is 2.20. The van der Waals surface area contributed by atoms with Crippen molar-refractivity contribution in [3.05, 3.63) is 58.6 Å². The minimum absolute atomic E-state index is 0.244. The van der Waals surface area contributed by atoms with Crippen molar-refractivity contribution in [2.45, 2.75) is 6.54 Å². The number of nitrogens with one attached hydrogen (secondary N) is 1. The highest BCUT2D eigenvalue weighted by Gasteiger charge is 2.10. The fraction of sp³-hybridized carbons (Fsp3) is 0.188. The van der Waals surface area contributed by atoms with Gasteiger partial charge in [-0.1, -0.05) is 23.7 Å². The first kappa shape index (κ1) is 15.4. The number of halogens is 1. The average molecular weight is 304 g/mol. The second-order valence-corrected chi connectivity index (χ2v) is 5.56. The number of nitrogens with zero attached hydrogens (tertiary/aromatic N) is 1. The SMILES string of the molecule is CN(C)Cc1cccc(NC(=O)c2ccc(Cl)cc2N)c1. The molecule has 3 N–H and O–H groups in total. The predicted octanol–water partition coefficient (Wildman–Crippen LogP) is 3.24. The van der Waals surface area contributed by atoms with Crippen LogP contribution in [-0.2, 0) is 6.54 Å². The van der Waals surface area contributed by atoms with E-state index in [1.807, 2.05) is 38.4 Å². The van der Waals surface area contributed by atoms with Gasteiger partial charge in [-0.2, -0.15) is 0 Å². The molecular formula is C16H18ClN3O. The molecule has 0 aliphatic carbocycles. The van der Waals surface area contributed by atoms with Crippen molar-refractivity contribution in [3.63, 3.8) is 0 Å². The van der Waals surface area contributed by atoms with Crippen LogP contribution in [0, 0.1) is 0 Å². The third-order valence-corrected chi connectivity index (χ3v) is 3.18. The van der Waals surface area contributed by atoms with Crippen LogP contribution in [-0.4, -0.2) is 24.9 Å². The van der Waals surface area contributed by atoms with Crippen LogP contribution >= 0.6 is 11.6 Å². The summed E-state index contributed by atoms with van der Waals surface area (Å²) in [7, 11) is 4.00. The second-order valence-electron chi connectivity index (χ2n) is 5.12. The Hall–Kier alpha value is -2.04. The first-order chi connectivity index (χ1) is 9.95. The lowest BCUT2D eigenvalue weighted by Crippen LogP contribution is -2.15. The van der Waals surface area contributed by atoms with Crippen LogP contribution in [0.1, 0.15) is 15.9 Å². The molecule has 0 aromatic heterocycles. The third-order valence-electron chi connectivity index (χ3n) is 2.94. The summed E-state index contributed by atoms with van der Waals surface area (Å²) in [6, 6.07) is 12.6. The molecule has 0 saturated heterocycles. The van der Waals surface area contributed by atoms with Gasteiger partial charge in [-0.25, -0.2) is 0 Å². The Labute approximate surface area is 129 Å². The number of carbonyl (C=O) groups is 1. The van der Waals surface area contributed by atoms with Gasteiger partial charge in [0.05, 0.1) is 5.56 Å². The number of amides is 1. The average Bonchev–Trinajstić information content (AvgIpc) is 2.37. The zero-order chi connectivity index (χ0) is 15.4. The molecule has 0 aliphatic heterocycles. The number of nitrogen functional groups attached to an aromatic ring is 1. The summed E-state index contributed by atoms with van der Waals surface area (Å²) in [6.07, 6.45) is 0. The Balaban J connectivity index is 2.15. The van der Waals surface area contributed by atoms with E-state index in [1.165, 1.54) is 0 Å². The maximum atomic E-state index is 12.2. The van der Waals surface area contributed by atoms with E-state index in [-0.39, 0.29) is 5.91 Å². The summed E-state index contributed by atoms with van der Waals surface area (Å²) in [6.45, 7) is 0.812. The summed E-state index contributed by atoms with van der Waals surface area (Å²) < 4.78 is 0. The van der Waals surface area contributed by atoms with Gasteiger partial charge in [0.15, 0.2) is 0 Å². The van der Waals surface area contributed by atoms with Gasteiger partial charge in [0, 0.05) is 22.9 Å². The molecule has 0 radical (unpaired) electrons. The van der Waals surface area contributed by atoms with Crippen molar-refractivity contribution in [1.29, 1.82) is 0 Å². The fourth-order valence-electron chi connectivity index (χ4n) is 2.05. The van der Waals surface area contributed by atoms with Gasteiger partial charge >= 0.3 is 0 Å². The first-order valence-electron chi connectivity index (χ1n) is 6.56. The van der Waals surface area contributed by atoms with E-state index >= 15 is 0 Å². The molecular weight excluding hydrogens is 286 g/mol. The van der Waals surface area contributed by atoms with Crippen molar-refractivity contribution in [1.82, 2.24) is 4.90 Å². The normalized spacial score (nSPS) is 10.7. The molecule has 0 heterocycles. The summed E-state index contributed by atoms with van der Waals surface area (Å²) in [4.78, 5) is 14.3. The van der Waals surface area contributed by atoms with E-state index in [9.17, 15) is 4.79 Å². The largest absolute Gasteiger partial charge is 0.398 e. The van der Waals surface area contributed by atoms with Crippen LogP contribution in [0.4, 0.5) is 11.4 Å². The maximum absolute atomic E-state index is 12.2. The molecule has 5 heteroatoms. The molecule has 0 aliphatic rings. The number of rotatable bonds is 4. The number of nitrogens with two attached hydrogens (primary N) is 1. The molecule has 0 spiro atoms. The fourth-order valence-corrected chi connectivity index (χ4v) is 2.23. The van der Waals surface area contributed by atoms with E-state index in [2.05, 4.69) is 10.2 Å². The molecule has 4 nitrogen and oxygen atoms in total. The molecule has 21 heavy (non-hydrogen) atoms. The topological polar surface area (TPSA) is 58.4 Å². The first-order valence-corrected chi connectivity index (χ1v) is 6.93. The maximum Gasteiger partial charge on any atom is 0.257 e. The van der Waals surface area contributed by atoms with Gasteiger partial charge in [-0.05, 0) is 50.0 Å². The number of carbonyl (C=O) groups excluding carboxylic acids is 1. The van der Waals surface area contributed by atoms with Crippen molar-refractivity contribution in [3.8, 4) is 0 Å². The van der Waals surface area contributed by atoms with Crippen LogP contribution in [0.2, 0.25) is 5.02 Å². The molecule has 0 bridgehead atoms. The number of hydrogen-bond donors (Lipinski definition) is 2. The molecule has 2 rings (SSSR count). The van der Waals surface area contributed by atoms with Gasteiger partial charge in [-0.3, -0.25) is 4.79 Å². The lowest BCUT2D eigenvalue weighted by atomic mass is 10.1. The number of hydrogen-bond acceptors (Lipinski definition) is 3. The highest BCUT2D eigenvalue weighted by molar-refractivity contribution is 6.31. The summed E-state index contributed by atoms with van der Waals surface area (Å²) in [5, 5.41) is 3.36. The Morgan fingerprint density at radius 2 is 2.00 bits per heavy atom. The lowest BCUT2D eigenvalue weighted by Gasteiger charge is -2.12. The molecule has 1 amide bonds. The quantitative estimate of drug-likeness (QED) is 0.853. The molecule has 0 unspecified atom stereocenters. The molecule has 0 fully saturated rings. The smallest absolute Gasteiger partial charge is 0.257 e. The van der Waals surface area contributed by atoms with E-state index in [0.717, 1.165) is 17.8 Å². The zero-order valence-corrected chi connectivity index (χ0v) is 12.8. The molecule has 110 valence electrons. The Bertz CT molecular complexity index is 656. The Kier molecular flexibility index (Phi) is 4.83. The summed E-state index contributed by atoms with van der Waals surface area (Å²) in [5.41, 5.74) is 8.47. The summed E-state index contributed by atoms with van der Waals surface area (Å²) >= 11 is 5.83. The molecule has 0 atom stereocenters. The van der Waals surface area contributed by atoms with Gasteiger partial charge in [0.1, 0.15) is 0 Å². The van der Waals surface area contributed by atoms with Crippen LogP contribution in [0.15, 0.2) is 42.5 Å². The summed E-state index contributed by atoms with van der Waals surface area (Å²) in [5.74, 6) is -0.244. The van der Waals surface area contributed by atoms with E-state index in [4.69, 9.17) is 17.3 Å². The van der Waals surface area contributed by atoms with E-state index in [0.29, 0.717) is 16.3 Å². The van der Waals surface area contributed by atoms with Crippen molar-refractivity contribution >= 4 is 28.9 Å². The Morgan fingerprint density at radius 3 is 2.67 bits per heavy atom. The van der Waals surface area contributed by atoms with Crippen molar-refractivity contribution < 1.29 is 4.79 Å². The highest BCUT2D eigenvalue weighted by atomic mass is 35.5. The molecule has 0 saturated carbocycles. The minimum atomic E-state index is -0.244. The Morgan fingerprint density at radius 1 is 1.24 bits per heavy atom. The van der Waals surface area contributed by atoms with Crippen LogP contribution < -0.4 is 11.1 Å². The van der Waals surface area contributed by atoms with Gasteiger partial charge < -0.3 is 16.0 Å². The van der Waals surface area contributed by atoms with Gasteiger partial charge in [0.2, 0.25) is 0 Å². The minimum Gasteiger partial charge on any atom is -0.398 e. The third kappa shape index (κ3) is 4.21. The van der Waals surface area contributed by atoms with E-state index < -0.39 is 0 Å². The van der Waals surface area contributed by atoms with Crippen molar-refractivity contribution in [2.24, 2.45) is 0 Å². The van der Waals surface area contributed by atoms with Crippen LogP contribution in [0.25, 0.3) is 0 Å². The number of benzene rings is 2. The predicted molar refractivity (Wildman–Crippen MR) is 87.7 cm³/mol. The lowest BCUT2D eigenvalue weighted by molar-refractivity contribution is 0.102. The second kappa shape index (κ2) is 6.61.